The van der Waals surface area contributed by atoms with Crippen LogP contribution in [0.2, 0.25) is 0 Å². The summed E-state index contributed by atoms with van der Waals surface area (Å²) in [5.41, 5.74) is 9.83. The van der Waals surface area contributed by atoms with Crippen LogP contribution in [0.1, 0.15) is 0 Å². The highest BCUT2D eigenvalue weighted by molar-refractivity contribution is 6.39. The van der Waals surface area contributed by atoms with Gasteiger partial charge in [-0.15, -0.1) is 0 Å². The highest BCUT2D eigenvalue weighted by atomic mass is 14.2. The zero-order valence-electron chi connectivity index (χ0n) is 36.1. The summed E-state index contributed by atoms with van der Waals surface area (Å²) in [6.07, 6.45) is 0. The molecule has 304 valence electrons. The maximum absolute atomic E-state index is 2.45. The van der Waals surface area contributed by atoms with Gasteiger partial charge in [-0.2, -0.15) is 0 Å². The van der Waals surface area contributed by atoms with E-state index in [1.807, 2.05) is 0 Å². The van der Waals surface area contributed by atoms with Crippen LogP contribution in [0.25, 0.3) is 141 Å². The molecule has 0 aliphatic heterocycles. The molecule has 0 nitrogen and oxygen atoms in total. The second-order valence-electron chi connectivity index (χ2n) is 18.0. The summed E-state index contributed by atoms with van der Waals surface area (Å²) in [5.74, 6) is 0. The summed E-state index contributed by atoms with van der Waals surface area (Å²) >= 11 is 0. The van der Waals surface area contributed by atoms with Crippen LogP contribution < -0.4 is 0 Å². The second-order valence-corrected chi connectivity index (χ2v) is 18.0. The first-order chi connectivity index (χ1) is 32.7. The number of rotatable bonds is 4. The van der Waals surface area contributed by atoms with Gasteiger partial charge >= 0.3 is 0 Å². The van der Waals surface area contributed by atoms with Gasteiger partial charge in [0.15, 0.2) is 0 Å². The molecule has 0 unspecified atom stereocenters. The monoisotopic (exact) mass is 832 g/mol. The third kappa shape index (κ3) is 5.86. The molecule has 14 aromatic carbocycles. The molecule has 14 aromatic rings. The van der Waals surface area contributed by atoms with Crippen molar-refractivity contribution in [2.45, 2.75) is 0 Å². The van der Waals surface area contributed by atoms with Crippen LogP contribution in [0.4, 0.5) is 0 Å². The molecule has 66 heavy (non-hydrogen) atoms. The van der Waals surface area contributed by atoms with Crippen molar-refractivity contribution in [1.82, 2.24) is 0 Å². The van der Waals surface area contributed by atoms with E-state index in [1.165, 1.54) is 141 Å². The lowest BCUT2D eigenvalue weighted by Crippen LogP contribution is -1.90. The fourth-order valence-corrected chi connectivity index (χ4v) is 11.0. The number of benzene rings is 14. The minimum Gasteiger partial charge on any atom is -0.0616 e. The van der Waals surface area contributed by atoms with Gasteiger partial charge in [-0.1, -0.05) is 194 Å². The Morgan fingerprint density at radius 1 is 0.136 bits per heavy atom. The van der Waals surface area contributed by atoms with Crippen molar-refractivity contribution < 1.29 is 0 Å². The van der Waals surface area contributed by atoms with Crippen LogP contribution in [-0.4, -0.2) is 0 Å². The van der Waals surface area contributed by atoms with E-state index in [4.69, 9.17) is 0 Å². The minimum atomic E-state index is 1.22. The molecule has 0 aliphatic rings. The normalized spacial score (nSPS) is 11.9. The molecular weight excluding hydrogens is 793 g/mol. The van der Waals surface area contributed by atoms with Crippen molar-refractivity contribution in [3.05, 3.63) is 243 Å². The minimum absolute atomic E-state index is 1.22. The molecule has 0 amide bonds. The zero-order chi connectivity index (χ0) is 43.3. The molecule has 0 N–H and O–H groups in total. The predicted octanol–water partition coefficient (Wildman–Crippen LogP) is 18.7. The van der Waals surface area contributed by atoms with Crippen molar-refractivity contribution in [2.24, 2.45) is 0 Å². The lowest BCUT2D eigenvalue weighted by Gasteiger charge is -2.18. The van der Waals surface area contributed by atoms with Crippen molar-refractivity contribution >= 4 is 97.0 Å². The van der Waals surface area contributed by atoms with Crippen LogP contribution >= 0.6 is 0 Å². The number of hydrogen-bond donors (Lipinski definition) is 0. The van der Waals surface area contributed by atoms with Gasteiger partial charge in [0, 0.05) is 0 Å². The van der Waals surface area contributed by atoms with Gasteiger partial charge in [-0.3, -0.25) is 0 Å². The summed E-state index contributed by atoms with van der Waals surface area (Å²) in [4.78, 5) is 0. The third-order valence-electron chi connectivity index (χ3n) is 14.3. The van der Waals surface area contributed by atoms with E-state index in [2.05, 4.69) is 243 Å². The van der Waals surface area contributed by atoms with Crippen molar-refractivity contribution in [1.29, 1.82) is 0 Å². The molecule has 0 fully saturated rings. The Bertz CT molecular complexity index is 4060. The molecule has 0 bridgehead atoms. The van der Waals surface area contributed by atoms with Gasteiger partial charge in [0.2, 0.25) is 0 Å². The smallest absolute Gasteiger partial charge is 0.00137 e. The Hall–Kier alpha value is -8.58. The molecule has 0 heteroatoms. The maximum Gasteiger partial charge on any atom is -0.00137 e. The summed E-state index contributed by atoms with van der Waals surface area (Å²) in [6, 6.07) is 90.6. The maximum atomic E-state index is 2.45. The van der Waals surface area contributed by atoms with Crippen molar-refractivity contribution in [3.63, 3.8) is 0 Å². The van der Waals surface area contributed by atoms with Crippen molar-refractivity contribution in [2.75, 3.05) is 0 Å². The van der Waals surface area contributed by atoms with E-state index in [-0.39, 0.29) is 0 Å². The Labute approximate surface area is 382 Å². The number of fused-ring (bicyclic) bond motifs is 15. The van der Waals surface area contributed by atoms with Crippen LogP contribution in [0.15, 0.2) is 243 Å². The zero-order valence-corrected chi connectivity index (χ0v) is 36.1. The van der Waals surface area contributed by atoms with Gasteiger partial charge in [-0.25, -0.2) is 0 Å². The Morgan fingerprint density at radius 3 is 0.712 bits per heavy atom. The molecule has 0 aliphatic carbocycles. The van der Waals surface area contributed by atoms with E-state index < -0.39 is 0 Å². The largest absolute Gasteiger partial charge is 0.0616 e. The standard InChI is InChI=1S/C66H40/c1-3-11-43-33-45(19-17-41(43)9-1)47-21-23-51-37-53(27-25-49(51)35-47)55-29-31-59-57-13-5-8-16-62(57)66-64-40-56(30-32-60(64)58-14-6-7-15-61(58)65(66)63(59)39-55)54-28-26-50-36-48(22-24-52(50)38-54)46-20-18-42-10-2-4-12-44(42)34-46/h1-40H. The van der Waals surface area contributed by atoms with Gasteiger partial charge in [0.1, 0.15) is 0 Å². The average molecular weight is 833 g/mol. The molecule has 0 atom stereocenters. The highest BCUT2D eigenvalue weighted by Gasteiger charge is 2.18. The van der Waals surface area contributed by atoms with E-state index in [9.17, 15) is 0 Å². The first-order valence-corrected chi connectivity index (χ1v) is 23.0. The Morgan fingerprint density at radius 2 is 0.364 bits per heavy atom. The average Bonchev–Trinajstić information content (AvgIpc) is 3.39. The fourth-order valence-electron chi connectivity index (χ4n) is 11.0. The molecule has 0 saturated carbocycles. The van der Waals surface area contributed by atoms with Crippen LogP contribution in [0.3, 0.4) is 0 Å². The molecule has 0 spiro atoms. The quantitative estimate of drug-likeness (QED) is 0.155. The molecule has 14 rings (SSSR count). The van der Waals surface area contributed by atoms with Gasteiger partial charge in [-0.05, 0) is 190 Å². The topological polar surface area (TPSA) is 0 Å². The fraction of sp³-hybridized carbons (Fsp3) is 0. The first kappa shape index (κ1) is 36.9. The lowest BCUT2D eigenvalue weighted by molar-refractivity contribution is 1.66. The predicted molar refractivity (Wildman–Crippen MR) is 286 cm³/mol. The number of hydrogen-bond acceptors (Lipinski definition) is 0. The Balaban J connectivity index is 0.916. The Kier molecular flexibility index (Phi) is 8.08. The van der Waals surface area contributed by atoms with E-state index >= 15 is 0 Å². The first-order valence-electron chi connectivity index (χ1n) is 23.0. The SMILES string of the molecule is c1ccc2cc(-c3ccc4cc(-c5ccc6c7ccccc7c7c8cc(-c9ccc%10cc(-c%11ccc%12ccccc%12c%11)ccc%10c9)ccc8c8ccccc8c7c6c5)ccc4c3)ccc2c1. The molecule has 0 saturated heterocycles. The van der Waals surface area contributed by atoms with Gasteiger partial charge in [0.25, 0.3) is 0 Å². The summed E-state index contributed by atoms with van der Waals surface area (Å²) in [5, 5.41) is 22.9. The summed E-state index contributed by atoms with van der Waals surface area (Å²) in [7, 11) is 0. The van der Waals surface area contributed by atoms with Gasteiger partial charge < -0.3 is 0 Å². The van der Waals surface area contributed by atoms with Crippen LogP contribution in [-0.2, 0) is 0 Å². The van der Waals surface area contributed by atoms with E-state index in [0.717, 1.165) is 0 Å². The highest BCUT2D eigenvalue weighted by Crippen LogP contribution is 2.46. The van der Waals surface area contributed by atoms with Crippen molar-refractivity contribution in [3.8, 4) is 44.5 Å². The van der Waals surface area contributed by atoms with Gasteiger partial charge in [0.05, 0.1) is 0 Å². The molecule has 0 heterocycles. The summed E-state index contributed by atoms with van der Waals surface area (Å²) < 4.78 is 0. The van der Waals surface area contributed by atoms with E-state index in [0.29, 0.717) is 0 Å². The molecule has 0 aromatic heterocycles. The summed E-state index contributed by atoms with van der Waals surface area (Å²) in [6.45, 7) is 0. The second kappa shape index (κ2) is 14.5. The third-order valence-corrected chi connectivity index (χ3v) is 14.3. The molecule has 0 radical (unpaired) electrons. The molecular formula is C66H40. The van der Waals surface area contributed by atoms with Crippen LogP contribution in [0, 0.1) is 0 Å². The van der Waals surface area contributed by atoms with Crippen LogP contribution in [0.5, 0.6) is 0 Å². The van der Waals surface area contributed by atoms with E-state index in [1.54, 1.807) is 0 Å². The lowest BCUT2D eigenvalue weighted by atomic mass is 9.85.